The fourth-order valence-electron chi connectivity index (χ4n) is 2.07. The van der Waals surface area contributed by atoms with Crippen LogP contribution >= 0.6 is 0 Å². The Kier molecular flexibility index (Phi) is 5.57. The Bertz CT molecular complexity index is 373. The van der Waals surface area contributed by atoms with Crippen molar-refractivity contribution in [1.82, 2.24) is 5.32 Å². The number of ether oxygens (including phenoxy) is 1. The lowest BCUT2D eigenvalue weighted by atomic mass is 9.87. The van der Waals surface area contributed by atoms with Gasteiger partial charge in [0.05, 0.1) is 5.60 Å². The molecule has 0 saturated carbocycles. The van der Waals surface area contributed by atoms with E-state index in [0.29, 0.717) is 0 Å². The second-order valence-electron chi connectivity index (χ2n) is 6.74. The molecule has 1 N–H and O–H groups in total. The van der Waals surface area contributed by atoms with Crippen molar-refractivity contribution in [2.75, 3.05) is 13.2 Å². The predicted molar refractivity (Wildman–Crippen MR) is 82.6 cm³/mol. The van der Waals surface area contributed by atoms with Crippen molar-refractivity contribution in [3.05, 3.63) is 35.4 Å². The topological polar surface area (TPSA) is 21.3 Å². The molecule has 0 saturated heterocycles. The van der Waals surface area contributed by atoms with Crippen molar-refractivity contribution in [3.63, 3.8) is 0 Å². The summed E-state index contributed by atoms with van der Waals surface area (Å²) >= 11 is 0. The van der Waals surface area contributed by atoms with Gasteiger partial charge in [0.25, 0.3) is 0 Å². The molecule has 0 aromatic heterocycles. The summed E-state index contributed by atoms with van der Waals surface area (Å²) in [6.45, 7) is 15.5. The molecule has 0 aliphatic heterocycles. The largest absolute Gasteiger partial charge is 0.375 e. The molecular formula is C17H29NO. The van der Waals surface area contributed by atoms with Gasteiger partial charge in [-0.15, -0.1) is 0 Å². The first kappa shape index (κ1) is 16.2. The van der Waals surface area contributed by atoms with Crippen LogP contribution in [0.1, 0.15) is 52.7 Å². The second-order valence-corrected chi connectivity index (χ2v) is 6.74. The van der Waals surface area contributed by atoms with Crippen LogP contribution in [0.5, 0.6) is 0 Å². The molecule has 0 atom stereocenters. The van der Waals surface area contributed by atoms with E-state index < -0.39 is 0 Å². The standard InChI is InChI=1S/C17H29NO/c1-7-19-17(5,6)13-18-12-14-8-10-15(11-9-14)16(2,3)4/h8-11,18H,7,12-13H2,1-6H3. The lowest BCUT2D eigenvalue weighted by Gasteiger charge is -2.25. The smallest absolute Gasteiger partial charge is 0.0750 e. The third kappa shape index (κ3) is 5.75. The maximum Gasteiger partial charge on any atom is 0.0750 e. The Hall–Kier alpha value is -0.860. The zero-order chi connectivity index (χ0) is 14.5. The van der Waals surface area contributed by atoms with Gasteiger partial charge in [0.15, 0.2) is 0 Å². The van der Waals surface area contributed by atoms with Gasteiger partial charge in [0.1, 0.15) is 0 Å². The van der Waals surface area contributed by atoms with E-state index in [9.17, 15) is 0 Å². The SMILES string of the molecule is CCOC(C)(C)CNCc1ccc(C(C)(C)C)cc1. The summed E-state index contributed by atoms with van der Waals surface area (Å²) in [5, 5.41) is 3.46. The minimum atomic E-state index is -0.0971. The average molecular weight is 263 g/mol. The molecule has 2 nitrogen and oxygen atoms in total. The van der Waals surface area contributed by atoms with Crippen LogP contribution in [-0.4, -0.2) is 18.8 Å². The number of nitrogens with one attached hydrogen (secondary N) is 1. The molecule has 0 aliphatic carbocycles. The minimum absolute atomic E-state index is 0.0971. The molecule has 0 unspecified atom stereocenters. The molecule has 0 bridgehead atoms. The highest BCUT2D eigenvalue weighted by molar-refractivity contribution is 5.27. The fraction of sp³-hybridized carbons (Fsp3) is 0.647. The molecule has 0 heterocycles. The highest BCUT2D eigenvalue weighted by Gasteiger charge is 2.16. The van der Waals surface area contributed by atoms with E-state index in [-0.39, 0.29) is 11.0 Å². The van der Waals surface area contributed by atoms with Gasteiger partial charge in [-0.2, -0.15) is 0 Å². The average Bonchev–Trinajstić information content (AvgIpc) is 2.28. The van der Waals surface area contributed by atoms with Gasteiger partial charge < -0.3 is 10.1 Å². The number of hydrogen-bond acceptors (Lipinski definition) is 2. The summed E-state index contributed by atoms with van der Waals surface area (Å²) in [7, 11) is 0. The summed E-state index contributed by atoms with van der Waals surface area (Å²) < 4.78 is 5.67. The van der Waals surface area contributed by atoms with E-state index in [2.05, 4.69) is 64.2 Å². The first-order chi connectivity index (χ1) is 8.74. The van der Waals surface area contributed by atoms with Gasteiger partial charge in [0, 0.05) is 19.7 Å². The highest BCUT2D eigenvalue weighted by atomic mass is 16.5. The molecule has 1 aromatic carbocycles. The third-order valence-corrected chi connectivity index (χ3v) is 3.23. The third-order valence-electron chi connectivity index (χ3n) is 3.23. The first-order valence-corrected chi connectivity index (χ1v) is 7.19. The molecule has 108 valence electrons. The molecule has 0 spiro atoms. The van der Waals surface area contributed by atoms with Crippen LogP contribution in [0.15, 0.2) is 24.3 Å². The van der Waals surface area contributed by atoms with Crippen LogP contribution in [0.3, 0.4) is 0 Å². The quantitative estimate of drug-likeness (QED) is 0.840. The van der Waals surface area contributed by atoms with Crippen LogP contribution in [0, 0.1) is 0 Å². The fourth-order valence-corrected chi connectivity index (χ4v) is 2.07. The van der Waals surface area contributed by atoms with E-state index in [4.69, 9.17) is 4.74 Å². The van der Waals surface area contributed by atoms with Gasteiger partial charge >= 0.3 is 0 Å². The second kappa shape index (κ2) is 6.53. The van der Waals surface area contributed by atoms with Crippen molar-refractivity contribution in [1.29, 1.82) is 0 Å². The van der Waals surface area contributed by atoms with Gasteiger partial charge in [0.2, 0.25) is 0 Å². The first-order valence-electron chi connectivity index (χ1n) is 7.19. The van der Waals surface area contributed by atoms with Crippen molar-refractivity contribution < 1.29 is 4.74 Å². The Balaban J connectivity index is 2.47. The molecule has 0 fully saturated rings. The van der Waals surface area contributed by atoms with Crippen molar-refractivity contribution >= 4 is 0 Å². The molecule has 1 rings (SSSR count). The molecule has 0 amide bonds. The van der Waals surface area contributed by atoms with E-state index in [0.717, 1.165) is 19.7 Å². The number of benzene rings is 1. The summed E-state index contributed by atoms with van der Waals surface area (Å²) in [5.41, 5.74) is 2.83. The van der Waals surface area contributed by atoms with E-state index in [1.54, 1.807) is 0 Å². The van der Waals surface area contributed by atoms with Gasteiger partial charge in [-0.3, -0.25) is 0 Å². The van der Waals surface area contributed by atoms with Gasteiger partial charge in [-0.05, 0) is 37.3 Å². The van der Waals surface area contributed by atoms with Crippen LogP contribution < -0.4 is 5.32 Å². The molecule has 2 heteroatoms. The van der Waals surface area contributed by atoms with E-state index in [1.165, 1.54) is 11.1 Å². The zero-order valence-electron chi connectivity index (χ0n) is 13.3. The molecule has 0 aliphatic rings. The van der Waals surface area contributed by atoms with Crippen LogP contribution in [-0.2, 0) is 16.7 Å². The monoisotopic (exact) mass is 263 g/mol. The van der Waals surface area contributed by atoms with E-state index in [1.807, 2.05) is 6.92 Å². The molecular weight excluding hydrogens is 234 g/mol. The maximum absolute atomic E-state index is 5.67. The van der Waals surface area contributed by atoms with Crippen LogP contribution in [0.2, 0.25) is 0 Å². The van der Waals surface area contributed by atoms with Crippen molar-refractivity contribution in [2.45, 2.75) is 59.1 Å². The Morgan fingerprint density at radius 1 is 1.00 bits per heavy atom. The summed E-state index contributed by atoms with van der Waals surface area (Å²) in [5.74, 6) is 0. The molecule has 0 radical (unpaired) electrons. The lowest BCUT2D eigenvalue weighted by molar-refractivity contribution is -0.00897. The van der Waals surface area contributed by atoms with Gasteiger partial charge in [-0.25, -0.2) is 0 Å². The van der Waals surface area contributed by atoms with E-state index >= 15 is 0 Å². The van der Waals surface area contributed by atoms with Gasteiger partial charge in [-0.1, -0.05) is 45.0 Å². The highest BCUT2D eigenvalue weighted by Crippen LogP contribution is 2.22. The summed E-state index contributed by atoms with van der Waals surface area (Å²) in [6, 6.07) is 8.87. The Morgan fingerprint density at radius 2 is 1.58 bits per heavy atom. The zero-order valence-corrected chi connectivity index (χ0v) is 13.3. The summed E-state index contributed by atoms with van der Waals surface area (Å²) in [4.78, 5) is 0. The molecule has 1 aromatic rings. The number of rotatable bonds is 6. The number of hydrogen-bond donors (Lipinski definition) is 1. The normalized spacial score (nSPS) is 12.7. The summed E-state index contributed by atoms with van der Waals surface area (Å²) in [6.07, 6.45) is 0. The minimum Gasteiger partial charge on any atom is -0.375 e. The van der Waals surface area contributed by atoms with Crippen molar-refractivity contribution in [3.8, 4) is 0 Å². The molecule has 19 heavy (non-hydrogen) atoms. The maximum atomic E-state index is 5.67. The lowest BCUT2D eigenvalue weighted by Crippen LogP contribution is -2.37. The Morgan fingerprint density at radius 3 is 2.05 bits per heavy atom. The predicted octanol–water partition coefficient (Wildman–Crippen LogP) is 3.89. The van der Waals surface area contributed by atoms with Crippen LogP contribution in [0.4, 0.5) is 0 Å². The Labute approximate surface area is 118 Å². The van der Waals surface area contributed by atoms with Crippen molar-refractivity contribution in [2.24, 2.45) is 0 Å². The van der Waals surface area contributed by atoms with Crippen LogP contribution in [0.25, 0.3) is 0 Å².